The highest BCUT2D eigenvalue weighted by Gasteiger charge is 2.47. The Balaban J connectivity index is 1.90. The number of carbonyl (C=O) groups excluding carboxylic acids is 2. The second kappa shape index (κ2) is 10.2. The molecule has 10 heteroatoms. The molecule has 0 saturated carbocycles. The molecule has 0 bridgehead atoms. The molecule has 1 aliphatic rings. The summed E-state index contributed by atoms with van der Waals surface area (Å²) in [6.07, 6.45) is 3.04. The highest BCUT2D eigenvalue weighted by molar-refractivity contribution is 7.89. The first-order valence-electron chi connectivity index (χ1n) is 11.7. The lowest BCUT2D eigenvalue weighted by Gasteiger charge is -2.25. The number of primary sulfonamides is 1. The minimum atomic E-state index is -3.95. The van der Waals surface area contributed by atoms with Crippen molar-refractivity contribution in [3.8, 4) is 5.75 Å². The molecule has 9 nitrogen and oxygen atoms in total. The molecular weight excluding hydrogens is 494 g/mol. The topological polar surface area (TPSA) is 140 Å². The highest BCUT2D eigenvalue weighted by Crippen LogP contribution is 2.42. The molecule has 4 rings (SSSR count). The fourth-order valence-corrected chi connectivity index (χ4v) is 4.86. The van der Waals surface area contributed by atoms with Crippen LogP contribution in [0.15, 0.2) is 77.5 Å². The fraction of sp³-hybridized carbons (Fsp3) is 0.222. The summed E-state index contributed by atoms with van der Waals surface area (Å²) < 4.78 is 29.1. The van der Waals surface area contributed by atoms with Gasteiger partial charge < -0.3 is 9.84 Å². The molecule has 1 aliphatic heterocycles. The van der Waals surface area contributed by atoms with Crippen molar-refractivity contribution in [3.63, 3.8) is 0 Å². The Kier molecular flexibility index (Phi) is 7.15. The van der Waals surface area contributed by atoms with E-state index in [9.17, 15) is 23.1 Å². The van der Waals surface area contributed by atoms with E-state index in [4.69, 9.17) is 9.88 Å². The third-order valence-corrected chi connectivity index (χ3v) is 7.04. The predicted molar refractivity (Wildman–Crippen MR) is 139 cm³/mol. The number of ether oxygens (including phenoxy) is 1. The Bertz CT molecular complexity index is 1480. The van der Waals surface area contributed by atoms with Gasteiger partial charge in [0.25, 0.3) is 11.7 Å². The molecule has 1 atom stereocenters. The Morgan fingerprint density at radius 2 is 1.73 bits per heavy atom. The molecule has 0 radical (unpaired) electrons. The largest absolute Gasteiger partial charge is 0.507 e. The van der Waals surface area contributed by atoms with E-state index in [2.05, 4.69) is 4.98 Å². The second-order valence-electron chi connectivity index (χ2n) is 8.83. The molecule has 0 aliphatic carbocycles. The zero-order valence-electron chi connectivity index (χ0n) is 20.6. The number of aromatic nitrogens is 1. The van der Waals surface area contributed by atoms with Gasteiger partial charge >= 0.3 is 0 Å². The SMILES string of the molecule is CCOc1ccc(/C(O)=C2/C(=O)C(=O)N(c3ccc(S(N)(=O)=O)cc3)C2c2ccncc2)cc1C(C)C. The van der Waals surface area contributed by atoms with Crippen LogP contribution in [0.2, 0.25) is 0 Å². The number of anilines is 1. The average Bonchev–Trinajstić information content (AvgIpc) is 3.14. The summed E-state index contributed by atoms with van der Waals surface area (Å²) in [5.41, 5.74) is 1.93. The van der Waals surface area contributed by atoms with Crippen molar-refractivity contribution in [2.75, 3.05) is 11.5 Å². The number of hydrogen-bond acceptors (Lipinski definition) is 7. The van der Waals surface area contributed by atoms with Gasteiger partial charge in [0.2, 0.25) is 10.0 Å². The van der Waals surface area contributed by atoms with Gasteiger partial charge in [-0.1, -0.05) is 13.8 Å². The second-order valence-corrected chi connectivity index (χ2v) is 10.4. The smallest absolute Gasteiger partial charge is 0.300 e. The molecule has 1 amide bonds. The van der Waals surface area contributed by atoms with Gasteiger partial charge in [-0.05, 0) is 78.6 Å². The number of hydrogen-bond donors (Lipinski definition) is 2. The molecule has 1 unspecified atom stereocenters. The lowest BCUT2D eigenvalue weighted by atomic mass is 9.93. The van der Waals surface area contributed by atoms with Crippen LogP contribution in [0.5, 0.6) is 5.75 Å². The number of nitrogens with two attached hydrogens (primary N) is 1. The summed E-state index contributed by atoms with van der Waals surface area (Å²) in [6, 6.07) is 12.8. The average molecular weight is 522 g/mol. The quantitative estimate of drug-likeness (QED) is 0.273. The summed E-state index contributed by atoms with van der Waals surface area (Å²) in [5.74, 6) is -1.30. The van der Waals surface area contributed by atoms with Crippen molar-refractivity contribution in [3.05, 3.63) is 89.3 Å². The van der Waals surface area contributed by atoms with E-state index in [1.165, 1.54) is 41.6 Å². The Morgan fingerprint density at radius 3 is 2.30 bits per heavy atom. The van der Waals surface area contributed by atoms with Crippen molar-refractivity contribution in [2.24, 2.45) is 5.14 Å². The highest BCUT2D eigenvalue weighted by atomic mass is 32.2. The summed E-state index contributed by atoms with van der Waals surface area (Å²) in [7, 11) is -3.95. The minimum Gasteiger partial charge on any atom is -0.507 e. The van der Waals surface area contributed by atoms with E-state index >= 15 is 0 Å². The molecular formula is C27H27N3O6S. The van der Waals surface area contributed by atoms with E-state index in [0.717, 1.165) is 5.56 Å². The third kappa shape index (κ3) is 4.98. The van der Waals surface area contributed by atoms with Crippen LogP contribution in [0.25, 0.3) is 5.76 Å². The summed E-state index contributed by atoms with van der Waals surface area (Å²) >= 11 is 0. The van der Waals surface area contributed by atoms with Crippen molar-refractivity contribution < 1.29 is 27.9 Å². The predicted octanol–water partition coefficient (Wildman–Crippen LogP) is 3.88. The normalized spacial score (nSPS) is 17.4. The molecule has 37 heavy (non-hydrogen) atoms. The molecule has 3 aromatic rings. The van der Waals surface area contributed by atoms with Crippen LogP contribution in [0, 0.1) is 0 Å². The van der Waals surface area contributed by atoms with E-state index < -0.39 is 27.8 Å². The molecule has 0 spiro atoms. The van der Waals surface area contributed by atoms with Gasteiger partial charge in [-0.25, -0.2) is 13.6 Å². The van der Waals surface area contributed by atoms with Gasteiger partial charge in [-0.15, -0.1) is 0 Å². The van der Waals surface area contributed by atoms with Gasteiger partial charge in [-0.3, -0.25) is 19.5 Å². The van der Waals surface area contributed by atoms with Crippen LogP contribution in [0.1, 0.15) is 49.4 Å². The molecule has 1 fully saturated rings. The maximum absolute atomic E-state index is 13.3. The number of carbonyl (C=O) groups is 2. The third-order valence-electron chi connectivity index (χ3n) is 6.11. The number of Topliss-reactive ketones (excluding diaryl/α,β-unsaturated/α-hetero) is 1. The number of rotatable bonds is 7. The van der Waals surface area contributed by atoms with Gasteiger partial charge in [-0.2, -0.15) is 0 Å². The molecule has 1 saturated heterocycles. The zero-order chi connectivity index (χ0) is 26.9. The van der Waals surface area contributed by atoms with Crippen LogP contribution in [-0.4, -0.2) is 36.8 Å². The number of aliphatic hydroxyl groups excluding tert-OH is 1. The van der Waals surface area contributed by atoms with Crippen molar-refractivity contribution in [1.29, 1.82) is 0 Å². The van der Waals surface area contributed by atoms with Crippen molar-refractivity contribution in [1.82, 2.24) is 4.98 Å². The van der Waals surface area contributed by atoms with Crippen LogP contribution in [0.4, 0.5) is 5.69 Å². The molecule has 2 heterocycles. The molecule has 1 aromatic heterocycles. The maximum atomic E-state index is 13.3. The summed E-state index contributed by atoms with van der Waals surface area (Å²) in [4.78, 5) is 31.7. The number of sulfonamides is 1. The van der Waals surface area contributed by atoms with Gasteiger partial charge in [0.05, 0.1) is 23.1 Å². The number of amides is 1. The number of ketones is 1. The number of benzene rings is 2. The monoisotopic (exact) mass is 521 g/mol. The van der Waals surface area contributed by atoms with Crippen molar-refractivity contribution >= 4 is 33.2 Å². The standard InChI is InChI=1S/C27H27N3O6S/c1-4-36-22-10-5-18(15-21(22)16(2)3)25(31)23-24(17-11-13-29-14-12-17)30(27(33)26(23)32)19-6-8-20(9-7-19)37(28,34)35/h5-16,24,31H,4H2,1-3H3,(H2,28,34,35)/b25-23-. The number of pyridine rings is 1. The first-order valence-corrected chi connectivity index (χ1v) is 13.2. The van der Waals surface area contributed by atoms with Crippen LogP contribution in [0.3, 0.4) is 0 Å². The first kappa shape index (κ1) is 26.1. The van der Waals surface area contributed by atoms with Crippen LogP contribution in [-0.2, 0) is 19.6 Å². The Hall–Kier alpha value is -4.02. The van der Waals surface area contributed by atoms with E-state index in [0.29, 0.717) is 23.5 Å². The lowest BCUT2D eigenvalue weighted by Crippen LogP contribution is -2.29. The Labute approximate surface area is 215 Å². The van der Waals surface area contributed by atoms with Crippen molar-refractivity contribution in [2.45, 2.75) is 37.6 Å². The van der Waals surface area contributed by atoms with Gasteiger partial charge in [0.1, 0.15) is 11.5 Å². The molecule has 192 valence electrons. The fourth-order valence-electron chi connectivity index (χ4n) is 4.35. The molecule has 2 aromatic carbocycles. The molecule has 3 N–H and O–H groups in total. The number of aliphatic hydroxyl groups is 1. The van der Waals surface area contributed by atoms with Crippen LogP contribution < -0.4 is 14.8 Å². The van der Waals surface area contributed by atoms with Gasteiger partial charge in [0.15, 0.2) is 0 Å². The minimum absolute atomic E-state index is 0.0741. The van der Waals surface area contributed by atoms with Gasteiger partial charge in [0, 0.05) is 23.6 Å². The number of nitrogens with zero attached hydrogens (tertiary/aromatic N) is 2. The lowest BCUT2D eigenvalue weighted by molar-refractivity contribution is -0.132. The van der Waals surface area contributed by atoms with E-state index in [1.807, 2.05) is 20.8 Å². The first-order chi connectivity index (χ1) is 17.5. The zero-order valence-corrected chi connectivity index (χ0v) is 21.4. The van der Waals surface area contributed by atoms with E-state index in [-0.39, 0.29) is 27.8 Å². The van der Waals surface area contributed by atoms with Crippen LogP contribution >= 0.6 is 0 Å². The maximum Gasteiger partial charge on any atom is 0.300 e. The summed E-state index contributed by atoms with van der Waals surface area (Å²) in [5, 5.41) is 16.6. The summed E-state index contributed by atoms with van der Waals surface area (Å²) in [6.45, 7) is 6.33. The Morgan fingerprint density at radius 1 is 1.08 bits per heavy atom. The van der Waals surface area contributed by atoms with E-state index in [1.54, 1.807) is 30.3 Å².